The van der Waals surface area contributed by atoms with E-state index in [0.717, 1.165) is 35.4 Å². The van der Waals surface area contributed by atoms with Gasteiger partial charge in [-0.2, -0.15) is 0 Å². The van der Waals surface area contributed by atoms with Crippen LogP contribution < -0.4 is 14.2 Å². The first-order valence-electron chi connectivity index (χ1n) is 10.4. The normalized spacial score (nSPS) is 16.3. The Morgan fingerprint density at radius 1 is 1.12 bits per heavy atom. The molecule has 0 aromatic heterocycles. The summed E-state index contributed by atoms with van der Waals surface area (Å²) in [6.07, 6.45) is 2.50. The first-order chi connectivity index (χ1) is 15.6. The van der Waals surface area contributed by atoms with E-state index in [9.17, 15) is 9.18 Å². The van der Waals surface area contributed by atoms with Crippen molar-refractivity contribution in [2.24, 2.45) is 0 Å². The van der Waals surface area contributed by atoms with E-state index in [1.807, 2.05) is 30.3 Å². The summed E-state index contributed by atoms with van der Waals surface area (Å²) in [6, 6.07) is 17.6. The van der Waals surface area contributed by atoms with Gasteiger partial charge in [-0.3, -0.25) is 9.69 Å². The molecule has 162 valence electrons. The lowest BCUT2D eigenvalue weighted by atomic mass is 10.0. The highest BCUT2D eigenvalue weighted by Gasteiger charge is 2.33. The number of rotatable bonds is 5. The zero-order valence-electron chi connectivity index (χ0n) is 17.6. The standard InChI is InChI=1S/C26H22FNO4/c1-30-20-4-2-3-18(13-20)14-24-25(29)21-9-10-23-22(26(21)32-24)15-28(16-31-23)12-11-17-5-7-19(27)8-6-17/h2-10,13-14H,11-12,15-16H2,1H3/b24-14-. The number of ether oxygens (including phenoxy) is 3. The first kappa shape index (κ1) is 20.3. The van der Waals surface area contributed by atoms with Gasteiger partial charge in [0.05, 0.1) is 18.2 Å². The van der Waals surface area contributed by atoms with Gasteiger partial charge in [-0.1, -0.05) is 24.3 Å². The fourth-order valence-corrected chi connectivity index (χ4v) is 3.97. The Labute approximate surface area is 185 Å². The molecule has 0 radical (unpaired) electrons. The van der Waals surface area contributed by atoms with E-state index < -0.39 is 0 Å². The minimum Gasteiger partial charge on any atom is -0.497 e. The van der Waals surface area contributed by atoms with Crippen molar-refractivity contribution in [2.45, 2.75) is 13.0 Å². The van der Waals surface area contributed by atoms with Crippen LogP contribution in [0.2, 0.25) is 0 Å². The number of nitrogens with zero attached hydrogens (tertiary/aromatic N) is 1. The van der Waals surface area contributed by atoms with E-state index in [2.05, 4.69) is 4.90 Å². The SMILES string of the molecule is COc1cccc(/C=C2\Oc3c(ccc4c3CN(CCc3ccc(F)cc3)CO4)C2=O)c1. The highest BCUT2D eigenvalue weighted by atomic mass is 19.1. The molecular weight excluding hydrogens is 409 g/mol. The van der Waals surface area contributed by atoms with E-state index >= 15 is 0 Å². The minimum absolute atomic E-state index is 0.144. The summed E-state index contributed by atoms with van der Waals surface area (Å²) >= 11 is 0. The van der Waals surface area contributed by atoms with E-state index in [-0.39, 0.29) is 17.4 Å². The number of Topliss-reactive ketones (excluding diaryl/α,β-unsaturated/α-hetero) is 1. The second-order valence-electron chi connectivity index (χ2n) is 7.84. The topological polar surface area (TPSA) is 48.0 Å². The number of benzene rings is 3. The van der Waals surface area contributed by atoms with Gasteiger partial charge in [-0.25, -0.2) is 4.39 Å². The fraction of sp³-hybridized carbons (Fsp3) is 0.192. The number of allylic oxidation sites excluding steroid dienone is 1. The van der Waals surface area contributed by atoms with Crippen molar-refractivity contribution in [3.8, 4) is 17.2 Å². The van der Waals surface area contributed by atoms with Crippen molar-refractivity contribution in [3.63, 3.8) is 0 Å². The molecule has 3 aromatic carbocycles. The molecule has 0 N–H and O–H groups in total. The zero-order chi connectivity index (χ0) is 22.1. The highest BCUT2D eigenvalue weighted by molar-refractivity contribution is 6.15. The third kappa shape index (κ3) is 3.97. The van der Waals surface area contributed by atoms with E-state index in [1.165, 1.54) is 12.1 Å². The highest BCUT2D eigenvalue weighted by Crippen LogP contribution is 2.42. The molecule has 5 rings (SSSR count). The molecule has 0 fully saturated rings. The molecule has 0 saturated carbocycles. The number of hydrogen-bond donors (Lipinski definition) is 0. The van der Waals surface area contributed by atoms with Crippen LogP contribution in [-0.4, -0.2) is 31.1 Å². The molecule has 0 aliphatic carbocycles. The number of methoxy groups -OCH3 is 1. The van der Waals surface area contributed by atoms with Crippen molar-refractivity contribution in [1.29, 1.82) is 0 Å². The van der Waals surface area contributed by atoms with E-state index in [0.29, 0.717) is 30.3 Å². The lowest BCUT2D eigenvalue weighted by Gasteiger charge is -2.29. The number of carbonyl (C=O) groups excluding carboxylic acids is 1. The van der Waals surface area contributed by atoms with Crippen LogP contribution in [0.3, 0.4) is 0 Å². The van der Waals surface area contributed by atoms with Crippen molar-refractivity contribution >= 4 is 11.9 Å². The molecule has 0 spiro atoms. The van der Waals surface area contributed by atoms with Gasteiger partial charge in [0.25, 0.3) is 0 Å². The second-order valence-corrected chi connectivity index (χ2v) is 7.84. The monoisotopic (exact) mass is 431 g/mol. The zero-order valence-corrected chi connectivity index (χ0v) is 17.6. The maximum Gasteiger partial charge on any atom is 0.231 e. The molecule has 0 saturated heterocycles. The van der Waals surface area contributed by atoms with Crippen molar-refractivity contribution < 1.29 is 23.4 Å². The van der Waals surface area contributed by atoms with Crippen molar-refractivity contribution in [1.82, 2.24) is 4.90 Å². The molecule has 0 amide bonds. The van der Waals surface area contributed by atoms with Gasteiger partial charge in [0.2, 0.25) is 5.78 Å². The van der Waals surface area contributed by atoms with Gasteiger partial charge < -0.3 is 14.2 Å². The number of fused-ring (bicyclic) bond motifs is 3. The van der Waals surface area contributed by atoms with Crippen LogP contribution >= 0.6 is 0 Å². The van der Waals surface area contributed by atoms with Crippen molar-refractivity contribution in [2.75, 3.05) is 20.4 Å². The Bertz CT molecular complexity index is 1200. The number of ketones is 1. The molecular formula is C26H22FNO4. The van der Waals surface area contributed by atoms with Gasteiger partial charge in [-0.15, -0.1) is 0 Å². The smallest absolute Gasteiger partial charge is 0.231 e. The Morgan fingerprint density at radius 2 is 1.97 bits per heavy atom. The van der Waals surface area contributed by atoms with Crippen LogP contribution in [0.15, 0.2) is 66.4 Å². The van der Waals surface area contributed by atoms with Crippen LogP contribution in [0.25, 0.3) is 6.08 Å². The van der Waals surface area contributed by atoms with E-state index in [1.54, 1.807) is 31.4 Å². The molecule has 0 unspecified atom stereocenters. The molecule has 0 atom stereocenters. The predicted octanol–water partition coefficient (Wildman–Crippen LogP) is 4.85. The lowest BCUT2D eigenvalue weighted by molar-refractivity contribution is 0.0949. The second kappa shape index (κ2) is 8.48. The summed E-state index contributed by atoms with van der Waals surface area (Å²) < 4.78 is 30.4. The molecule has 3 aromatic rings. The summed E-state index contributed by atoms with van der Waals surface area (Å²) in [4.78, 5) is 15.1. The average Bonchev–Trinajstić information content (AvgIpc) is 3.14. The molecule has 2 aliphatic rings. The summed E-state index contributed by atoms with van der Waals surface area (Å²) in [6.45, 7) is 1.81. The Hall–Kier alpha value is -3.64. The van der Waals surface area contributed by atoms with Gasteiger partial charge in [0, 0.05) is 13.1 Å². The van der Waals surface area contributed by atoms with Gasteiger partial charge in [-0.05, 0) is 60.0 Å². The van der Waals surface area contributed by atoms with Crippen LogP contribution in [0.1, 0.15) is 27.0 Å². The number of hydrogen-bond acceptors (Lipinski definition) is 5. The number of halogens is 1. The molecule has 6 heteroatoms. The summed E-state index contributed by atoms with van der Waals surface area (Å²) in [5.74, 6) is 1.91. The molecule has 32 heavy (non-hydrogen) atoms. The van der Waals surface area contributed by atoms with E-state index in [4.69, 9.17) is 14.2 Å². The summed E-state index contributed by atoms with van der Waals surface area (Å²) in [5, 5.41) is 0. The third-order valence-electron chi connectivity index (χ3n) is 5.70. The fourth-order valence-electron chi connectivity index (χ4n) is 3.97. The maximum atomic E-state index is 13.1. The quantitative estimate of drug-likeness (QED) is 0.541. The maximum absolute atomic E-state index is 13.1. The summed E-state index contributed by atoms with van der Waals surface area (Å²) in [7, 11) is 1.60. The summed E-state index contributed by atoms with van der Waals surface area (Å²) in [5.41, 5.74) is 3.30. The molecule has 0 bridgehead atoms. The largest absolute Gasteiger partial charge is 0.497 e. The average molecular weight is 431 g/mol. The van der Waals surface area contributed by atoms with Crippen LogP contribution in [-0.2, 0) is 13.0 Å². The van der Waals surface area contributed by atoms with Crippen LogP contribution in [0, 0.1) is 5.82 Å². The molecule has 2 aliphatic heterocycles. The van der Waals surface area contributed by atoms with Gasteiger partial charge in [0.1, 0.15) is 29.8 Å². The first-order valence-corrected chi connectivity index (χ1v) is 10.4. The Kier molecular flexibility index (Phi) is 5.37. The Morgan fingerprint density at radius 3 is 2.78 bits per heavy atom. The molecule has 5 nitrogen and oxygen atoms in total. The van der Waals surface area contributed by atoms with Gasteiger partial charge in [0.15, 0.2) is 5.76 Å². The van der Waals surface area contributed by atoms with Crippen LogP contribution in [0.5, 0.6) is 17.2 Å². The third-order valence-corrected chi connectivity index (χ3v) is 5.70. The Balaban J connectivity index is 1.35. The minimum atomic E-state index is -0.237. The number of carbonyl (C=O) groups is 1. The van der Waals surface area contributed by atoms with Crippen molar-refractivity contribution in [3.05, 3.63) is 94.5 Å². The lowest BCUT2D eigenvalue weighted by Crippen LogP contribution is -2.33. The van der Waals surface area contributed by atoms with Crippen LogP contribution in [0.4, 0.5) is 4.39 Å². The molecule has 2 heterocycles. The van der Waals surface area contributed by atoms with Gasteiger partial charge >= 0.3 is 0 Å². The predicted molar refractivity (Wildman–Crippen MR) is 118 cm³/mol.